The van der Waals surface area contributed by atoms with Gasteiger partial charge < -0.3 is 11.1 Å². The highest BCUT2D eigenvalue weighted by atomic mass is 35.5. The van der Waals surface area contributed by atoms with Gasteiger partial charge in [0.15, 0.2) is 0 Å². The lowest BCUT2D eigenvalue weighted by atomic mass is 9.94. The largest absolute Gasteiger partial charge is 0.354 e. The maximum Gasteiger partial charge on any atom is 0.224 e. The number of carbonyl (C=O) groups is 1. The monoisotopic (exact) mass is 336 g/mol. The highest BCUT2D eigenvalue weighted by molar-refractivity contribution is 5.85. The Balaban J connectivity index is 0.00000264. The van der Waals surface area contributed by atoms with Crippen molar-refractivity contribution in [2.45, 2.75) is 38.6 Å². The van der Waals surface area contributed by atoms with Crippen LogP contribution in [0.1, 0.15) is 32.3 Å². The zero-order valence-electron chi connectivity index (χ0n) is 13.7. The van der Waals surface area contributed by atoms with Crippen molar-refractivity contribution in [1.82, 2.24) is 15.1 Å². The Hall–Kier alpha value is -1.85. The van der Waals surface area contributed by atoms with Gasteiger partial charge >= 0.3 is 0 Å². The van der Waals surface area contributed by atoms with E-state index in [-0.39, 0.29) is 23.9 Å². The van der Waals surface area contributed by atoms with E-state index in [1.54, 1.807) is 10.9 Å². The first-order valence-electron chi connectivity index (χ1n) is 7.71. The maximum atomic E-state index is 12.0. The van der Waals surface area contributed by atoms with Crippen molar-refractivity contribution in [2.24, 2.45) is 5.73 Å². The van der Waals surface area contributed by atoms with Crippen LogP contribution >= 0.6 is 12.4 Å². The molecule has 126 valence electrons. The summed E-state index contributed by atoms with van der Waals surface area (Å²) in [6.45, 7) is 4.59. The van der Waals surface area contributed by atoms with Crippen LogP contribution in [-0.4, -0.2) is 27.8 Å². The number of hydrogen-bond acceptors (Lipinski definition) is 3. The lowest BCUT2D eigenvalue weighted by Gasteiger charge is -2.26. The first-order chi connectivity index (χ1) is 10.6. The number of carbonyl (C=O) groups excluding carboxylic acids is 1. The summed E-state index contributed by atoms with van der Waals surface area (Å²) in [5, 5.41) is 7.21. The van der Waals surface area contributed by atoms with Gasteiger partial charge in [0.1, 0.15) is 0 Å². The Morgan fingerprint density at radius 3 is 2.52 bits per heavy atom. The third-order valence-electron chi connectivity index (χ3n) is 4.07. The number of amides is 1. The molecule has 0 aliphatic rings. The van der Waals surface area contributed by atoms with Gasteiger partial charge in [0, 0.05) is 18.3 Å². The summed E-state index contributed by atoms with van der Waals surface area (Å²) in [6, 6.07) is 9.82. The normalized spacial score (nSPS) is 10.9. The van der Waals surface area contributed by atoms with Gasteiger partial charge in [0.05, 0.1) is 18.3 Å². The molecule has 0 fully saturated rings. The van der Waals surface area contributed by atoms with Gasteiger partial charge in [-0.3, -0.25) is 4.79 Å². The standard InChI is InChI=1S/C17H24N4O.ClH/c1-3-17(18,4-2)13-19-16(22)10-14-11-20-21(12-14)15-8-6-5-7-9-15;/h5-9,11-12H,3-4,10,13,18H2,1-2H3,(H,19,22);1H. The summed E-state index contributed by atoms with van der Waals surface area (Å²) in [5.41, 5.74) is 7.74. The third kappa shape index (κ3) is 5.37. The molecule has 1 heterocycles. The molecule has 2 rings (SSSR count). The molecule has 23 heavy (non-hydrogen) atoms. The fourth-order valence-electron chi connectivity index (χ4n) is 2.20. The number of para-hydroxylation sites is 1. The molecule has 1 aromatic carbocycles. The Bertz CT molecular complexity index is 608. The van der Waals surface area contributed by atoms with Crippen molar-refractivity contribution >= 4 is 18.3 Å². The van der Waals surface area contributed by atoms with E-state index >= 15 is 0 Å². The second-order valence-corrected chi connectivity index (χ2v) is 5.65. The zero-order chi connectivity index (χ0) is 16.0. The first-order valence-corrected chi connectivity index (χ1v) is 7.71. The molecule has 3 N–H and O–H groups in total. The Kier molecular flexibility index (Phi) is 7.26. The molecule has 0 atom stereocenters. The molecule has 2 aromatic rings. The summed E-state index contributed by atoms with van der Waals surface area (Å²) in [5.74, 6) is -0.0238. The predicted octanol–water partition coefficient (Wildman–Crippen LogP) is 2.47. The first kappa shape index (κ1) is 19.2. The maximum absolute atomic E-state index is 12.0. The van der Waals surface area contributed by atoms with Crippen molar-refractivity contribution in [3.05, 3.63) is 48.3 Å². The Morgan fingerprint density at radius 1 is 1.26 bits per heavy atom. The molecule has 0 radical (unpaired) electrons. The van der Waals surface area contributed by atoms with Gasteiger partial charge in [-0.15, -0.1) is 12.4 Å². The van der Waals surface area contributed by atoms with E-state index in [0.717, 1.165) is 24.1 Å². The highest BCUT2D eigenvalue weighted by Crippen LogP contribution is 2.10. The van der Waals surface area contributed by atoms with E-state index in [4.69, 9.17) is 5.73 Å². The topological polar surface area (TPSA) is 72.9 Å². The van der Waals surface area contributed by atoms with Gasteiger partial charge in [0.25, 0.3) is 0 Å². The molecule has 0 aliphatic carbocycles. The van der Waals surface area contributed by atoms with Gasteiger partial charge in [-0.2, -0.15) is 5.10 Å². The number of nitrogens with one attached hydrogen (secondary N) is 1. The highest BCUT2D eigenvalue weighted by Gasteiger charge is 2.20. The second kappa shape index (κ2) is 8.70. The van der Waals surface area contributed by atoms with E-state index in [0.29, 0.717) is 13.0 Å². The summed E-state index contributed by atoms with van der Waals surface area (Å²) < 4.78 is 1.77. The van der Waals surface area contributed by atoms with Gasteiger partial charge in [0.2, 0.25) is 5.91 Å². The summed E-state index contributed by atoms with van der Waals surface area (Å²) in [6.07, 6.45) is 5.61. The van der Waals surface area contributed by atoms with Crippen LogP contribution in [0, 0.1) is 0 Å². The summed E-state index contributed by atoms with van der Waals surface area (Å²) >= 11 is 0. The van der Waals surface area contributed by atoms with E-state index < -0.39 is 0 Å². The molecular formula is C17H25ClN4O. The van der Waals surface area contributed by atoms with Crippen LogP contribution in [0.5, 0.6) is 0 Å². The fourth-order valence-corrected chi connectivity index (χ4v) is 2.20. The fraction of sp³-hybridized carbons (Fsp3) is 0.412. The van der Waals surface area contributed by atoms with Crippen molar-refractivity contribution < 1.29 is 4.79 Å². The van der Waals surface area contributed by atoms with Crippen molar-refractivity contribution in [2.75, 3.05) is 6.54 Å². The van der Waals surface area contributed by atoms with E-state index in [1.165, 1.54) is 0 Å². The molecule has 0 bridgehead atoms. The van der Waals surface area contributed by atoms with E-state index in [9.17, 15) is 4.79 Å². The van der Waals surface area contributed by atoms with Crippen LogP contribution < -0.4 is 11.1 Å². The van der Waals surface area contributed by atoms with Gasteiger partial charge in [-0.1, -0.05) is 32.0 Å². The summed E-state index contributed by atoms with van der Waals surface area (Å²) in [4.78, 5) is 12.0. The molecule has 5 nitrogen and oxygen atoms in total. The SMILES string of the molecule is CCC(N)(CC)CNC(=O)Cc1cnn(-c2ccccc2)c1.Cl. The van der Waals surface area contributed by atoms with Gasteiger partial charge in [-0.05, 0) is 30.5 Å². The quantitative estimate of drug-likeness (QED) is 0.815. The molecule has 0 saturated carbocycles. The average Bonchev–Trinajstić information content (AvgIpc) is 3.02. The molecule has 0 aliphatic heterocycles. The minimum Gasteiger partial charge on any atom is -0.354 e. The van der Waals surface area contributed by atoms with Crippen molar-refractivity contribution in [3.63, 3.8) is 0 Å². The molecule has 6 heteroatoms. The van der Waals surface area contributed by atoms with Crippen LogP contribution in [0.4, 0.5) is 0 Å². The molecule has 0 saturated heterocycles. The second-order valence-electron chi connectivity index (χ2n) is 5.65. The number of benzene rings is 1. The minimum atomic E-state index is -0.316. The van der Waals surface area contributed by atoms with Gasteiger partial charge in [-0.25, -0.2) is 4.68 Å². The minimum absolute atomic E-state index is 0. The molecule has 0 unspecified atom stereocenters. The van der Waals surface area contributed by atoms with Crippen LogP contribution in [0.15, 0.2) is 42.7 Å². The number of aromatic nitrogens is 2. The van der Waals surface area contributed by atoms with Crippen molar-refractivity contribution in [1.29, 1.82) is 0 Å². The van der Waals surface area contributed by atoms with Crippen molar-refractivity contribution in [3.8, 4) is 5.69 Å². The Labute approximate surface area is 143 Å². The lowest BCUT2D eigenvalue weighted by molar-refractivity contribution is -0.120. The van der Waals surface area contributed by atoms with Crippen LogP contribution in [0.2, 0.25) is 0 Å². The van der Waals surface area contributed by atoms with E-state index in [2.05, 4.69) is 10.4 Å². The Morgan fingerprint density at radius 2 is 1.91 bits per heavy atom. The number of nitrogens with two attached hydrogens (primary N) is 1. The molecule has 0 spiro atoms. The van der Waals surface area contributed by atoms with Crippen LogP contribution in [-0.2, 0) is 11.2 Å². The zero-order valence-corrected chi connectivity index (χ0v) is 14.5. The molecular weight excluding hydrogens is 312 g/mol. The molecule has 1 aromatic heterocycles. The number of nitrogens with zero attached hydrogens (tertiary/aromatic N) is 2. The summed E-state index contributed by atoms with van der Waals surface area (Å²) in [7, 11) is 0. The average molecular weight is 337 g/mol. The van der Waals surface area contributed by atoms with E-state index in [1.807, 2.05) is 50.4 Å². The number of halogens is 1. The lowest BCUT2D eigenvalue weighted by Crippen LogP contribution is -2.49. The third-order valence-corrected chi connectivity index (χ3v) is 4.07. The molecule has 1 amide bonds. The van der Waals surface area contributed by atoms with Crippen LogP contribution in [0.25, 0.3) is 5.69 Å². The number of rotatable bonds is 7. The predicted molar refractivity (Wildman–Crippen MR) is 95.0 cm³/mol. The smallest absolute Gasteiger partial charge is 0.224 e. The van der Waals surface area contributed by atoms with Crippen LogP contribution in [0.3, 0.4) is 0 Å². The number of hydrogen-bond donors (Lipinski definition) is 2.